The van der Waals surface area contributed by atoms with Crippen LogP contribution in [0.1, 0.15) is 22.8 Å². The van der Waals surface area contributed by atoms with Crippen LogP contribution in [-0.4, -0.2) is 22.6 Å². The average molecular weight is 329 g/mol. The second-order valence-corrected chi connectivity index (χ2v) is 5.32. The van der Waals surface area contributed by atoms with E-state index in [0.29, 0.717) is 5.56 Å². The zero-order valence-electron chi connectivity index (χ0n) is 13.2. The number of para-hydroxylation sites is 1. The van der Waals surface area contributed by atoms with Gasteiger partial charge in [-0.2, -0.15) is 0 Å². The van der Waals surface area contributed by atoms with Crippen molar-refractivity contribution in [3.05, 3.63) is 75.3 Å². The van der Waals surface area contributed by atoms with E-state index >= 15 is 0 Å². The highest BCUT2D eigenvalue weighted by atomic mass is 16.6. The van der Waals surface area contributed by atoms with Gasteiger partial charge in [0.2, 0.25) is 0 Å². The maximum Gasteiger partial charge on any atom is 0.315 e. The predicted molar refractivity (Wildman–Crippen MR) is 89.5 cm³/mol. The van der Waals surface area contributed by atoms with Crippen molar-refractivity contribution in [2.45, 2.75) is 19.6 Å². The Morgan fingerprint density at radius 3 is 2.54 bits per heavy atom. The molecule has 0 aromatic heterocycles. The van der Waals surface area contributed by atoms with Gasteiger partial charge in [0.05, 0.1) is 17.6 Å². The van der Waals surface area contributed by atoms with Gasteiger partial charge in [0.15, 0.2) is 0 Å². The number of aliphatic hydroxyl groups excluding tert-OH is 1. The third kappa shape index (κ3) is 4.53. The molecule has 0 aliphatic rings. The molecule has 2 rings (SSSR count). The van der Waals surface area contributed by atoms with Crippen molar-refractivity contribution in [3.8, 4) is 0 Å². The van der Waals surface area contributed by atoms with Gasteiger partial charge < -0.3 is 15.7 Å². The summed E-state index contributed by atoms with van der Waals surface area (Å²) in [5, 5.41) is 26.1. The van der Waals surface area contributed by atoms with Crippen LogP contribution in [0.15, 0.2) is 48.5 Å². The van der Waals surface area contributed by atoms with Crippen molar-refractivity contribution < 1.29 is 14.8 Å². The molecule has 0 bridgehead atoms. The van der Waals surface area contributed by atoms with E-state index in [4.69, 9.17) is 0 Å². The molecule has 0 radical (unpaired) electrons. The number of carbonyl (C=O) groups is 1. The summed E-state index contributed by atoms with van der Waals surface area (Å²) in [5.74, 6) is 0. The van der Waals surface area contributed by atoms with Crippen LogP contribution < -0.4 is 10.6 Å². The molecule has 0 unspecified atom stereocenters. The van der Waals surface area contributed by atoms with Gasteiger partial charge in [0.1, 0.15) is 0 Å². The minimum atomic E-state index is -0.817. The summed E-state index contributed by atoms with van der Waals surface area (Å²) in [5.41, 5.74) is 2.05. The Morgan fingerprint density at radius 2 is 1.83 bits per heavy atom. The first-order chi connectivity index (χ1) is 11.5. The fraction of sp³-hybridized carbons (Fsp3) is 0.235. The van der Waals surface area contributed by atoms with Gasteiger partial charge in [-0.3, -0.25) is 10.1 Å². The number of nitrogens with one attached hydrogen (secondary N) is 2. The van der Waals surface area contributed by atoms with E-state index in [1.807, 2.05) is 25.1 Å². The summed E-state index contributed by atoms with van der Waals surface area (Å²) in [7, 11) is 0. The predicted octanol–water partition coefficient (Wildman–Crippen LogP) is 2.44. The summed E-state index contributed by atoms with van der Waals surface area (Å²) in [4.78, 5) is 22.2. The van der Waals surface area contributed by atoms with Crippen LogP contribution in [0.25, 0.3) is 0 Å². The highest BCUT2D eigenvalue weighted by molar-refractivity contribution is 5.74. The van der Waals surface area contributed by atoms with Gasteiger partial charge >= 0.3 is 6.03 Å². The lowest BCUT2D eigenvalue weighted by Gasteiger charge is -2.15. The second kappa shape index (κ2) is 8.07. The van der Waals surface area contributed by atoms with Gasteiger partial charge in [-0.25, -0.2) is 4.79 Å². The van der Waals surface area contributed by atoms with Gasteiger partial charge in [0, 0.05) is 18.2 Å². The standard InChI is InChI=1S/C17H19N3O4/c1-12-6-2-4-8-14(12)16(21)11-19-17(22)18-10-13-7-3-5-9-15(13)20(23)24/h2-9,16,21H,10-11H2,1H3,(H2,18,19,22)/t16-/m0/s1. The fourth-order valence-corrected chi connectivity index (χ4v) is 2.34. The Balaban J connectivity index is 1.86. The number of aryl methyl sites for hydroxylation is 1. The smallest absolute Gasteiger partial charge is 0.315 e. The van der Waals surface area contributed by atoms with Crippen molar-refractivity contribution in [3.63, 3.8) is 0 Å². The topological polar surface area (TPSA) is 104 Å². The second-order valence-electron chi connectivity index (χ2n) is 5.32. The van der Waals surface area contributed by atoms with Crippen LogP contribution in [0.2, 0.25) is 0 Å². The van der Waals surface area contributed by atoms with E-state index in [2.05, 4.69) is 10.6 Å². The van der Waals surface area contributed by atoms with Crippen LogP contribution in [-0.2, 0) is 6.54 Å². The summed E-state index contributed by atoms with van der Waals surface area (Å²) in [6.45, 7) is 1.96. The zero-order chi connectivity index (χ0) is 17.5. The lowest BCUT2D eigenvalue weighted by atomic mass is 10.0. The number of urea groups is 1. The molecule has 0 aliphatic carbocycles. The lowest BCUT2D eigenvalue weighted by molar-refractivity contribution is -0.385. The number of carbonyl (C=O) groups excluding carboxylic acids is 1. The van der Waals surface area contributed by atoms with Gasteiger partial charge in [-0.05, 0) is 18.1 Å². The first-order valence-corrected chi connectivity index (χ1v) is 7.46. The minimum absolute atomic E-state index is 0.0312. The van der Waals surface area contributed by atoms with Crippen molar-refractivity contribution in [2.75, 3.05) is 6.54 Å². The third-order valence-corrected chi connectivity index (χ3v) is 3.63. The minimum Gasteiger partial charge on any atom is -0.387 e. The molecule has 2 amide bonds. The molecule has 1 atom stereocenters. The molecule has 126 valence electrons. The van der Waals surface area contributed by atoms with E-state index in [9.17, 15) is 20.0 Å². The van der Waals surface area contributed by atoms with Crippen molar-refractivity contribution in [1.82, 2.24) is 10.6 Å². The van der Waals surface area contributed by atoms with Crippen molar-refractivity contribution in [2.24, 2.45) is 0 Å². The molecular weight excluding hydrogens is 310 g/mol. The normalized spacial score (nSPS) is 11.6. The molecule has 0 aliphatic heterocycles. The van der Waals surface area contributed by atoms with Crippen LogP contribution in [0.5, 0.6) is 0 Å². The van der Waals surface area contributed by atoms with E-state index in [1.54, 1.807) is 24.3 Å². The highest BCUT2D eigenvalue weighted by Gasteiger charge is 2.14. The highest BCUT2D eigenvalue weighted by Crippen LogP contribution is 2.17. The molecule has 7 heteroatoms. The molecular formula is C17H19N3O4. The van der Waals surface area contributed by atoms with Crippen LogP contribution in [0.4, 0.5) is 10.5 Å². The number of aliphatic hydroxyl groups is 1. The summed E-state index contributed by atoms with van der Waals surface area (Å²) >= 11 is 0. The van der Waals surface area contributed by atoms with E-state index in [-0.39, 0.29) is 18.8 Å². The van der Waals surface area contributed by atoms with Crippen LogP contribution in [0, 0.1) is 17.0 Å². The Morgan fingerprint density at radius 1 is 1.17 bits per heavy atom. The molecule has 0 fully saturated rings. The average Bonchev–Trinajstić information content (AvgIpc) is 2.58. The summed E-state index contributed by atoms with van der Waals surface area (Å²) in [6.07, 6.45) is -0.817. The third-order valence-electron chi connectivity index (χ3n) is 3.63. The molecule has 0 spiro atoms. The number of nitro groups is 1. The number of nitrogens with zero attached hydrogens (tertiary/aromatic N) is 1. The van der Waals surface area contributed by atoms with E-state index < -0.39 is 17.1 Å². The Bertz CT molecular complexity index is 733. The summed E-state index contributed by atoms with van der Waals surface area (Å²) < 4.78 is 0. The van der Waals surface area contributed by atoms with Crippen LogP contribution in [0.3, 0.4) is 0 Å². The first-order valence-electron chi connectivity index (χ1n) is 7.46. The number of amides is 2. The molecule has 24 heavy (non-hydrogen) atoms. The number of hydrogen-bond donors (Lipinski definition) is 3. The lowest BCUT2D eigenvalue weighted by Crippen LogP contribution is -2.37. The zero-order valence-corrected chi connectivity index (χ0v) is 13.2. The van der Waals surface area contributed by atoms with Crippen molar-refractivity contribution >= 4 is 11.7 Å². The molecule has 0 saturated heterocycles. The maximum atomic E-state index is 11.8. The molecule has 0 saturated carbocycles. The Kier molecular flexibility index (Phi) is 5.86. The van der Waals surface area contributed by atoms with Gasteiger partial charge in [0.25, 0.3) is 5.69 Å². The molecule has 3 N–H and O–H groups in total. The molecule has 7 nitrogen and oxygen atoms in total. The first kappa shape index (κ1) is 17.4. The monoisotopic (exact) mass is 329 g/mol. The largest absolute Gasteiger partial charge is 0.387 e. The van der Waals surface area contributed by atoms with E-state index in [0.717, 1.165) is 11.1 Å². The number of nitro benzene ring substituents is 1. The number of benzene rings is 2. The van der Waals surface area contributed by atoms with E-state index in [1.165, 1.54) is 6.07 Å². The SMILES string of the molecule is Cc1ccccc1[C@@H](O)CNC(=O)NCc1ccccc1[N+](=O)[O-]. The Labute approximate surface area is 139 Å². The molecule has 0 heterocycles. The Hall–Kier alpha value is -2.93. The van der Waals surface area contributed by atoms with Gasteiger partial charge in [-0.1, -0.05) is 42.5 Å². The fourth-order valence-electron chi connectivity index (χ4n) is 2.34. The number of rotatable bonds is 6. The summed E-state index contributed by atoms with van der Waals surface area (Å²) in [6, 6.07) is 13.1. The quantitative estimate of drug-likeness (QED) is 0.559. The maximum absolute atomic E-state index is 11.8. The molecule has 2 aromatic carbocycles. The van der Waals surface area contributed by atoms with Crippen molar-refractivity contribution in [1.29, 1.82) is 0 Å². The van der Waals surface area contributed by atoms with Crippen LogP contribution >= 0.6 is 0 Å². The molecule has 2 aromatic rings. The van der Waals surface area contributed by atoms with Gasteiger partial charge in [-0.15, -0.1) is 0 Å². The number of hydrogen-bond acceptors (Lipinski definition) is 4.